The lowest BCUT2D eigenvalue weighted by molar-refractivity contribution is -0.151. The lowest BCUT2D eigenvalue weighted by Gasteiger charge is -2.13. The average Bonchev–Trinajstić information content (AvgIpc) is 2.95. The van der Waals surface area contributed by atoms with E-state index in [2.05, 4.69) is 10.6 Å². The highest BCUT2D eigenvalue weighted by Crippen LogP contribution is 2.21. The second kappa shape index (κ2) is 7.95. The van der Waals surface area contributed by atoms with Crippen molar-refractivity contribution in [3.8, 4) is 0 Å². The first-order valence-electron chi connectivity index (χ1n) is 7.38. The van der Waals surface area contributed by atoms with Gasteiger partial charge >= 0.3 is 12.0 Å². The van der Waals surface area contributed by atoms with Crippen molar-refractivity contribution in [2.75, 3.05) is 19.0 Å². The van der Waals surface area contributed by atoms with E-state index >= 15 is 0 Å². The summed E-state index contributed by atoms with van der Waals surface area (Å²) >= 11 is 0. The number of esters is 1. The van der Waals surface area contributed by atoms with Crippen molar-refractivity contribution in [1.29, 1.82) is 0 Å². The van der Waals surface area contributed by atoms with Crippen molar-refractivity contribution in [1.82, 2.24) is 10.6 Å². The minimum atomic E-state index is -1.27. The van der Waals surface area contributed by atoms with Gasteiger partial charge in [-0.3, -0.25) is 14.9 Å². The van der Waals surface area contributed by atoms with Crippen LogP contribution in [0.15, 0.2) is 41.8 Å². The second-order valence-corrected chi connectivity index (χ2v) is 5.02. The zero-order valence-corrected chi connectivity index (χ0v) is 13.6. The van der Waals surface area contributed by atoms with Gasteiger partial charge in [0.15, 0.2) is 18.3 Å². The van der Waals surface area contributed by atoms with Crippen LogP contribution in [-0.4, -0.2) is 43.4 Å². The summed E-state index contributed by atoms with van der Waals surface area (Å²) in [4.78, 5) is 46.9. The van der Waals surface area contributed by atoms with E-state index in [1.54, 1.807) is 24.3 Å². The Bertz CT molecular complexity index is 729. The largest absolute Gasteiger partial charge is 0.470 e. The maximum absolute atomic E-state index is 12.2. The molecule has 3 N–H and O–H groups in total. The summed E-state index contributed by atoms with van der Waals surface area (Å²) in [5.41, 5.74) is 0.298. The highest BCUT2D eigenvalue weighted by molar-refractivity contribution is 6.20. The monoisotopic (exact) mass is 347 g/mol. The number of nitrogens with one attached hydrogen (secondary N) is 3. The van der Waals surface area contributed by atoms with Gasteiger partial charge in [-0.25, -0.2) is 9.59 Å². The SMILES string of the molecule is CNC(=O)NC(=O)[C@H](C)OC(=O)C1=C(Nc2ccccc2)OCC1=O. The van der Waals surface area contributed by atoms with Crippen LogP contribution >= 0.6 is 0 Å². The molecule has 1 aromatic rings. The highest BCUT2D eigenvalue weighted by atomic mass is 16.6. The number of ketones is 1. The molecule has 1 aromatic carbocycles. The number of anilines is 1. The molecule has 0 spiro atoms. The van der Waals surface area contributed by atoms with Crippen LogP contribution in [0.1, 0.15) is 6.92 Å². The maximum Gasteiger partial charge on any atom is 0.348 e. The van der Waals surface area contributed by atoms with Crippen LogP contribution in [0.5, 0.6) is 0 Å². The summed E-state index contributed by atoms with van der Waals surface area (Å²) in [6, 6.07) is 8.05. The molecule has 0 bridgehead atoms. The first-order chi connectivity index (χ1) is 11.9. The zero-order chi connectivity index (χ0) is 18.4. The number of imide groups is 1. The van der Waals surface area contributed by atoms with Gasteiger partial charge in [0, 0.05) is 12.7 Å². The molecule has 132 valence electrons. The minimum absolute atomic E-state index is 0.0416. The summed E-state index contributed by atoms with van der Waals surface area (Å²) in [5.74, 6) is -2.44. The van der Waals surface area contributed by atoms with E-state index in [1.165, 1.54) is 14.0 Å². The lowest BCUT2D eigenvalue weighted by atomic mass is 10.2. The summed E-state index contributed by atoms with van der Waals surface area (Å²) in [6.07, 6.45) is -1.27. The molecule has 0 fully saturated rings. The minimum Gasteiger partial charge on any atom is -0.470 e. The van der Waals surface area contributed by atoms with Crippen LogP contribution in [0.2, 0.25) is 0 Å². The summed E-state index contributed by atoms with van der Waals surface area (Å²) in [5, 5.41) is 6.99. The van der Waals surface area contributed by atoms with Crippen molar-refractivity contribution in [3.63, 3.8) is 0 Å². The van der Waals surface area contributed by atoms with Crippen molar-refractivity contribution in [2.45, 2.75) is 13.0 Å². The molecule has 1 atom stereocenters. The molecule has 0 radical (unpaired) electrons. The Balaban J connectivity index is 2.09. The van der Waals surface area contributed by atoms with Crippen LogP contribution in [0, 0.1) is 0 Å². The molecule has 1 heterocycles. The molecule has 1 aliphatic heterocycles. The summed E-state index contributed by atoms with van der Waals surface area (Å²) < 4.78 is 10.1. The third kappa shape index (κ3) is 4.56. The molecule has 9 heteroatoms. The van der Waals surface area contributed by atoms with E-state index in [1.807, 2.05) is 11.4 Å². The molecule has 1 aliphatic rings. The quantitative estimate of drug-likeness (QED) is 0.517. The predicted octanol–water partition coefficient (Wildman–Crippen LogP) is 0.297. The van der Waals surface area contributed by atoms with Gasteiger partial charge in [0.05, 0.1) is 0 Å². The van der Waals surface area contributed by atoms with Gasteiger partial charge in [-0.15, -0.1) is 0 Å². The Kier molecular flexibility index (Phi) is 5.72. The fraction of sp³-hybridized carbons (Fsp3) is 0.250. The fourth-order valence-corrected chi connectivity index (χ4v) is 1.92. The number of rotatable bonds is 5. The Labute approximate surface area is 143 Å². The van der Waals surface area contributed by atoms with E-state index < -0.39 is 29.8 Å². The number of carbonyl (C=O) groups excluding carboxylic acids is 4. The number of carbonyl (C=O) groups is 4. The first kappa shape index (κ1) is 18.0. The number of benzene rings is 1. The van der Waals surface area contributed by atoms with Gasteiger partial charge in [0.2, 0.25) is 11.7 Å². The Morgan fingerprint density at radius 2 is 1.88 bits per heavy atom. The second-order valence-electron chi connectivity index (χ2n) is 5.02. The van der Waals surface area contributed by atoms with Crippen LogP contribution in [0.4, 0.5) is 10.5 Å². The average molecular weight is 347 g/mol. The van der Waals surface area contributed by atoms with Gasteiger partial charge in [0.25, 0.3) is 5.91 Å². The van der Waals surface area contributed by atoms with E-state index in [-0.39, 0.29) is 18.1 Å². The molecule has 0 aliphatic carbocycles. The third-order valence-corrected chi connectivity index (χ3v) is 3.21. The normalized spacial score (nSPS) is 14.4. The highest BCUT2D eigenvalue weighted by Gasteiger charge is 2.34. The first-order valence-corrected chi connectivity index (χ1v) is 7.38. The summed E-state index contributed by atoms with van der Waals surface area (Å²) in [7, 11) is 1.33. The van der Waals surface area contributed by atoms with E-state index in [0.29, 0.717) is 5.69 Å². The van der Waals surface area contributed by atoms with Gasteiger partial charge < -0.3 is 20.1 Å². The molecular weight excluding hydrogens is 330 g/mol. The molecule has 9 nitrogen and oxygen atoms in total. The Morgan fingerprint density at radius 3 is 2.52 bits per heavy atom. The van der Waals surface area contributed by atoms with Crippen molar-refractivity contribution < 1.29 is 28.7 Å². The van der Waals surface area contributed by atoms with Crippen LogP contribution < -0.4 is 16.0 Å². The number of amides is 3. The van der Waals surface area contributed by atoms with E-state index in [9.17, 15) is 19.2 Å². The van der Waals surface area contributed by atoms with Crippen molar-refractivity contribution >= 4 is 29.4 Å². The summed E-state index contributed by atoms with van der Waals surface area (Å²) in [6.45, 7) is 0.972. The standard InChI is InChI=1S/C16H17N3O6/c1-9(13(21)19-16(23)17-2)25-15(22)12-11(20)8-24-14(12)18-10-6-4-3-5-7-10/h3-7,9,18H,8H2,1-2H3,(H2,17,19,21,23)/t9-/m0/s1. The van der Waals surface area contributed by atoms with Crippen molar-refractivity contribution in [3.05, 3.63) is 41.8 Å². The molecule has 0 unspecified atom stereocenters. The molecule has 0 saturated carbocycles. The molecule has 0 aromatic heterocycles. The molecule has 2 rings (SSSR count). The zero-order valence-electron chi connectivity index (χ0n) is 13.6. The molecule has 3 amide bonds. The van der Waals surface area contributed by atoms with Crippen molar-refractivity contribution in [2.24, 2.45) is 0 Å². The number of para-hydroxylation sites is 1. The van der Waals surface area contributed by atoms with E-state index in [4.69, 9.17) is 9.47 Å². The maximum atomic E-state index is 12.2. The number of hydrogen-bond donors (Lipinski definition) is 3. The van der Waals surface area contributed by atoms with Gasteiger partial charge in [0.1, 0.15) is 0 Å². The molecule has 25 heavy (non-hydrogen) atoms. The topological polar surface area (TPSA) is 123 Å². The number of ether oxygens (including phenoxy) is 2. The van der Waals surface area contributed by atoms with Gasteiger partial charge in [-0.1, -0.05) is 18.2 Å². The Hall–Kier alpha value is -3.36. The number of urea groups is 1. The van der Waals surface area contributed by atoms with Crippen LogP contribution in [0.3, 0.4) is 0 Å². The fourth-order valence-electron chi connectivity index (χ4n) is 1.92. The predicted molar refractivity (Wildman–Crippen MR) is 86.2 cm³/mol. The van der Waals surface area contributed by atoms with Gasteiger partial charge in [-0.05, 0) is 19.1 Å². The molecule has 0 saturated heterocycles. The lowest BCUT2D eigenvalue weighted by Crippen LogP contribution is -2.43. The number of Topliss-reactive ketones (excluding diaryl/α,β-unsaturated/α-hetero) is 1. The smallest absolute Gasteiger partial charge is 0.348 e. The Morgan fingerprint density at radius 1 is 1.20 bits per heavy atom. The van der Waals surface area contributed by atoms with Gasteiger partial charge in [-0.2, -0.15) is 0 Å². The van der Waals surface area contributed by atoms with Crippen LogP contribution in [0.25, 0.3) is 0 Å². The third-order valence-electron chi connectivity index (χ3n) is 3.21. The van der Waals surface area contributed by atoms with E-state index in [0.717, 1.165) is 0 Å². The van der Waals surface area contributed by atoms with Crippen LogP contribution in [-0.2, 0) is 23.9 Å². The molecular formula is C16H17N3O6. The number of hydrogen-bond acceptors (Lipinski definition) is 7.